The second kappa shape index (κ2) is 12.4. The van der Waals surface area contributed by atoms with Gasteiger partial charge in [0.2, 0.25) is 5.91 Å². The maximum Gasteiger partial charge on any atom is 0.416 e. The zero-order valence-electron chi connectivity index (χ0n) is 18.0. The number of halogens is 3. The average molecular weight is 475 g/mol. The predicted octanol–water partition coefficient (Wildman–Crippen LogP) is 6.11. The Kier molecular flexibility index (Phi) is 9.91. The van der Waals surface area contributed by atoms with Gasteiger partial charge in [0.25, 0.3) is 0 Å². The van der Waals surface area contributed by atoms with Gasteiger partial charge in [-0.25, -0.2) is 0 Å². The molecular weight excluding hydrogens is 441 g/mol. The van der Waals surface area contributed by atoms with Gasteiger partial charge in [-0.05, 0) is 62.6 Å². The van der Waals surface area contributed by atoms with Gasteiger partial charge in [-0.1, -0.05) is 31.0 Å². The van der Waals surface area contributed by atoms with E-state index in [0.29, 0.717) is 17.2 Å². The average Bonchev–Trinajstić information content (AvgIpc) is 2.77. The van der Waals surface area contributed by atoms with E-state index < -0.39 is 11.7 Å². The Balaban J connectivity index is 1.34. The molecule has 3 nitrogen and oxygen atoms in total. The smallest absolute Gasteiger partial charge is 0.355 e. The lowest BCUT2D eigenvalue weighted by Crippen LogP contribution is -2.37. The van der Waals surface area contributed by atoms with E-state index >= 15 is 0 Å². The van der Waals surface area contributed by atoms with Crippen LogP contribution in [0.4, 0.5) is 13.2 Å². The molecule has 8 heteroatoms. The molecule has 174 valence electrons. The third-order valence-electron chi connectivity index (χ3n) is 5.92. The fraction of sp³-hybridized carbons (Fsp3) is 0.696. The third-order valence-corrected chi connectivity index (χ3v) is 9.05. The molecule has 2 aliphatic rings. The van der Waals surface area contributed by atoms with Crippen molar-refractivity contribution in [3.63, 3.8) is 0 Å². The normalized spacial score (nSPS) is 22.9. The van der Waals surface area contributed by atoms with Crippen LogP contribution in [-0.2, 0) is 11.0 Å². The van der Waals surface area contributed by atoms with Crippen LogP contribution in [0.3, 0.4) is 0 Å². The molecule has 2 heterocycles. The number of carbonyl (C=O) groups excluding carboxylic acids is 1. The molecule has 2 unspecified atom stereocenters. The van der Waals surface area contributed by atoms with Gasteiger partial charge in [0.15, 0.2) is 0 Å². The number of amides is 1. The van der Waals surface area contributed by atoms with Gasteiger partial charge < -0.3 is 10.2 Å². The van der Waals surface area contributed by atoms with Crippen LogP contribution in [-0.4, -0.2) is 48.0 Å². The van der Waals surface area contributed by atoms with Gasteiger partial charge in [0.1, 0.15) is 0 Å². The fourth-order valence-corrected chi connectivity index (χ4v) is 7.71. The van der Waals surface area contributed by atoms with Gasteiger partial charge in [-0.3, -0.25) is 4.79 Å². The molecule has 2 fully saturated rings. The van der Waals surface area contributed by atoms with Crippen molar-refractivity contribution in [3.05, 3.63) is 35.4 Å². The molecule has 0 spiro atoms. The van der Waals surface area contributed by atoms with E-state index in [1.165, 1.54) is 31.4 Å². The summed E-state index contributed by atoms with van der Waals surface area (Å²) in [6, 6.07) is 5.95. The summed E-state index contributed by atoms with van der Waals surface area (Å²) < 4.78 is 39.9. The Bertz CT molecular complexity index is 696. The van der Waals surface area contributed by atoms with Gasteiger partial charge in [-0.2, -0.15) is 13.2 Å². The van der Waals surface area contributed by atoms with Crippen molar-refractivity contribution in [2.45, 2.75) is 67.4 Å². The quantitative estimate of drug-likeness (QED) is 0.438. The number of nitrogens with zero attached hydrogens (tertiary/aromatic N) is 1. The van der Waals surface area contributed by atoms with Crippen LogP contribution in [0.2, 0.25) is 0 Å². The van der Waals surface area contributed by atoms with Crippen molar-refractivity contribution < 1.29 is 18.0 Å². The lowest BCUT2D eigenvalue weighted by atomic mass is 10.1. The van der Waals surface area contributed by atoms with Crippen LogP contribution in [0, 0.1) is 0 Å². The monoisotopic (exact) mass is 474 g/mol. The number of piperidine rings is 1. The first kappa shape index (κ1) is 24.8. The van der Waals surface area contributed by atoms with E-state index in [9.17, 15) is 18.0 Å². The van der Waals surface area contributed by atoms with Crippen LogP contribution in [0.15, 0.2) is 24.3 Å². The molecule has 31 heavy (non-hydrogen) atoms. The molecule has 0 radical (unpaired) electrons. The zero-order chi connectivity index (χ0) is 22.1. The number of carbonyl (C=O) groups is 1. The molecule has 1 aromatic carbocycles. The molecule has 0 aliphatic carbocycles. The van der Waals surface area contributed by atoms with E-state index in [1.54, 1.807) is 35.7 Å². The highest BCUT2D eigenvalue weighted by atomic mass is 32.2. The van der Waals surface area contributed by atoms with E-state index in [1.807, 2.05) is 0 Å². The molecule has 2 atom stereocenters. The fourth-order valence-electron chi connectivity index (χ4n) is 4.21. The second-order valence-electron chi connectivity index (χ2n) is 8.33. The highest BCUT2D eigenvalue weighted by molar-refractivity contribution is 8.17. The highest BCUT2D eigenvalue weighted by Crippen LogP contribution is 2.51. The summed E-state index contributed by atoms with van der Waals surface area (Å²) in [5.41, 5.74) is -0.121. The molecule has 1 aromatic rings. The minimum Gasteiger partial charge on any atom is -0.355 e. The zero-order valence-corrected chi connectivity index (χ0v) is 19.6. The number of likely N-dealkylation sites (tertiary alicyclic amines) is 1. The number of unbranched alkanes of at least 4 members (excludes halogenated alkanes) is 1. The van der Waals surface area contributed by atoms with E-state index in [4.69, 9.17) is 0 Å². The molecule has 3 rings (SSSR count). The van der Waals surface area contributed by atoms with E-state index in [2.05, 4.69) is 10.2 Å². The standard InChI is InChI=1S/C23H33F3N2OS2/c24-23(25,26)20-10-4-3-9-19(20)22-30-17-12-18(31-22)8-2-5-11-21(29)27-13-16-28-14-6-1-7-15-28/h3-4,9-10,18,22H,1-2,5-8,11-17H2,(H,27,29). The molecule has 1 amide bonds. The summed E-state index contributed by atoms with van der Waals surface area (Å²) in [6.45, 7) is 3.93. The van der Waals surface area contributed by atoms with Crippen molar-refractivity contribution in [1.82, 2.24) is 10.2 Å². The Morgan fingerprint density at radius 2 is 1.90 bits per heavy atom. The number of hydrogen-bond donors (Lipinski definition) is 1. The molecule has 0 saturated carbocycles. The predicted molar refractivity (Wildman–Crippen MR) is 124 cm³/mol. The third kappa shape index (κ3) is 8.21. The summed E-state index contributed by atoms with van der Waals surface area (Å²) in [5, 5.41) is 3.38. The van der Waals surface area contributed by atoms with Crippen molar-refractivity contribution in [2.75, 3.05) is 31.9 Å². The van der Waals surface area contributed by atoms with Crippen LogP contribution < -0.4 is 5.32 Å². The van der Waals surface area contributed by atoms with Crippen LogP contribution in [0.25, 0.3) is 0 Å². The van der Waals surface area contributed by atoms with Crippen LogP contribution in [0.5, 0.6) is 0 Å². The summed E-state index contributed by atoms with van der Waals surface area (Å²) in [4.78, 5) is 14.5. The Morgan fingerprint density at radius 1 is 1.13 bits per heavy atom. The van der Waals surface area contributed by atoms with Crippen molar-refractivity contribution in [3.8, 4) is 0 Å². The summed E-state index contributed by atoms with van der Waals surface area (Å²) in [5.74, 6) is 0.992. The summed E-state index contributed by atoms with van der Waals surface area (Å²) in [6.07, 6.45) is 3.80. The lowest BCUT2D eigenvalue weighted by Gasteiger charge is -2.30. The van der Waals surface area contributed by atoms with Crippen molar-refractivity contribution >= 4 is 29.4 Å². The Morgan fingerprint density at radius 3 is 2.68 bits per heavy atom. The van der Waals surface area contributed by atoms with Gasteiger partial charge in [0, 0.05) is 24.8 Å². The minimum atomic E-state index is -4.31. The first-order valence-electron chi connectivity index (χ1n) is 11.4. The Labute approximate surface area is 192 Å². The van der Waals surface area contributed by atoms with Crippen LogP contribution >= 0.6 is 23.5 Å². The maximum atomic E-state index is 13.4. The number of thioether (sulfide) groups is 2. The van der Waals surface area contributed by atoms with Crippen LogP contribution in [0.1, 0.15) is 67.1 Å². The molecule has 2 saturated heterocycles. The number of nitrogens with one attached hydrogen (secondary N) is 1. The first-order valence-corrected chi connectivity index (χ1v) is 13.3. The maximum absolute atomic E-state index is 13.4. The van der Waals surface area contributed by atoms with Crippen molar-refractivity contribution in [1.29, 1.82) is 0 Å². The van der Waals surface area contributed by atoms with Gasteiger partial charge in [-0.15, -0.1) is 23.5 Å². The first-order chi connectivity index (χ1) is 14.9. The topological polar surface area (TPSA) is 32.3 Å². The molecular formula is C23H33F3N2OS2. The van der Waals surface area contributed by atoms with E-state index in [-0.39, 0.29) is 10.5 Å². The highest BCUT2D eigenvalue weighted by Gasteiger charge is 2.36. The molecule has 0 bridgehead atoms. The molecule has 2 aliphatic heterocycles. The summed E-state index contributed by atoms with van der Waals surface area (Å²) in [7, 11) is 0. The largest absolute Gasteiger partial charge is 0.416 e. The number of rotatable bonds is 9. The molecule has 1 N–H and O–H groups in total. The molecule has 0 aromatic heterocycles. The van der Waals surface area contributed by atoms with E-state index in [0.717, 1.165) is 57.6 Å². The number of benzene rings is 1. The van der Waals surface area contributed by atoms with Gasteiger partial charge >= 0.3 is 6.18 Å². The Hall–Kier alpha value is -0.860. The minimum absolute atomic E-state index is 0.112. The van der Waals surface area contributed by atoms with Gasteiger partial charge in [0.05, 0.1) is 10.1 Å². The second-order valence-corrected chi connectivity index (χ2v) is 11.3. The van der Waals surface area contributed by atoms with Crippen molar-refractivity contribution in [2.24, 2.45) is 0 Å². The number of alkyl halides is 3. The SMILES string of the molecule is O=C(CCCCC1CCSC(c2ccccc2C(F)(F)F)S1)NCCN1CCCCC1. The number of hydrogen-bond acceptors (Lipinski definition) is 4. The summed E-state index contributed by atoms with van der Waals surface area (Å²) >= 11 is 3.27. The lowest BCUT2D eigenvalue weighted by molar-refractivity contribution is -0.138.